The average molecular weight is 277 g/mol. The smallest absolute Gasteiger partial charge is 0.303 e. The lowest BCUT2D eigenvalue weighted by molar-refractivity contribution is -0.140. The summed E-state index contributed by atoms with van der Waals surface area (Å²) in [4.78, 5) is 24.9. The standard InChI is InChI=1S/C16H23NO3/c1-4-17(12-13-8-6-5-7-9-13)14(18)10-16(2,3)11-15(19)20/h5-9H,4,10-12H2,1-3H3,(H,19,20). The first-order valence-electron chi connectivity index (χ1n) is 6.87. The van der Waals surface area contributed by atoms with Gasteiger partial charge < -0.3 is 10.0 Å². The van der Waals surface area contributed by atoms with Crippen molar-refractivity contribution < 1.29 is 14.7 Å². The molecule has 110 valence electrons. The van der Waals surface area contributed by atoms with E-state index in [9.17, 15) is 9.59 Å². The lowest BCUT2D eigenvalue weighted by Crippen LogP contribution is -2.34. The van der Waals surface area contributed by atoms with Crippen molar-refractivity contribution in [2.75, 3.05) is 6.54 Å². The molecule has 0 heterocycles. The van der Waals surface area contributed by atoms with E-state index in [4.69, 9.17) is 5.11 Å². The summed E-state index contributed by atoms with van der Waals surface area (Å²) < 4.78 is 0. The molecule has 0 aliphatic carbocycles. The average Bonchev–Trinajstić information content (AvgIpc) is 2.34. The molecule has 0 unspecified atom stereocenters. The van der Waals surface area contributed by atoms with Crippen molar-refractivity contribution >= 4 is 11.9 Å². The zero-order valence-electron chi connectivity index (χ0n) is 12.4. The van der Waals surface area contributed by atoms with E-state index < -0.39 is 11.4 Å². The van der Waals surface area contributed by atoms with Crippen molar-refractivity contribution in [3.8, 4) is 0 Å². The number of carbonyl (C=O) groups excluding carboxylic acids is 1. The minimum absolute atomic E-state index is 0.00162. The Labute approximate surface area is 120 Å². The van der Waals surface area contributed by atoms with Gasteiger partial charge in [0, 0.05) is 19.5 Å². The van der Waals surface area contributed by atoms with Crippen molar-refractivity contribution in [1.29, 1.82) is 0 Å². The highest BCUT2D eigenvalue weighted by atomic mass is 16.4. The Balaban J connectivity index is 2.65. The Bertz CT molecular complexity index is 454. The normalized spacial score (nSPS) is 11.2. The molecule has 4 heteroatoms. The monoisotopic (exact) mass is 277 g/mol. The Morgan fingerprint density at radius 3 is 2.25 bits per heavy atom. The largest absolute Gasteiger partial charge is 0.481 e. The maximum absolute atomic E-state index is 12.3. The Morgan fingerprint density at radius 1 is 1.15 bits per heavy atom. The number of rotatable bonds is 7. The summed E-state index contributed by atoms with van der Waals surface area (Å²) in [6.07, 6.45) is 0.252. The van der Waals surface area contributed by atoms with Gasteiger partial charge in [-0.2, -0.15) is 0 Å². The van der Waals surface area contributed by atoms with Crippen molar-refractivity contribution in [2.24, 2.45) is 5.41 Å². The van der Waals surface area contributed by atoms with Gasteiger partial charge in [0.05, 0.1) is 6.42 Å². The summed E-state index contributed by atoms with van der Waals surface area (Å²) >= 11 is 0. The number of hydrogen-bond donors (Lipinski definition) is 1. The van der Waals surface area contributed by atoms with Crippen LogP contribution in [-0.2, 0) is 16.1 Å². The summed E-state index contributed by atoms with van der Waals surface area (Å²) in [6, 6.07) is 9.80. The predicted molar refractivity (Wildman–Crippen MR) is 78.2 cm³/mol. The molecule has 1 aromatic rings. The van der Waals surface area contributed by atoms with Gasteiger partial charge in [-0.05, 0) is 17.9 Å². The van der Waals surface area contributed by atoms with Gasteiger partial charge in [0.2, 0.25) is 5.91 Å². The molecular weight excluding hydrogens is 254 g/mol. The molecule has 0 aliphatic heterocycles. The molecule has 20 heavy (non-hydrogen) atoms. The summed E-state index contributed by atoms with van der Waals surface area (Å²) in [7, 11) is 0. The third-order valence-corrected chi connectivity index (χ3v) is 3.21. The van der Waals surface area contributed by atoms with Crippen LogP contribution in [0, 0.1) is 5.41 Å². The van der Waals surface area contributed by atoms with Crippen LogP contribution in [-0.4, -0.2) is 28.4 Å². The Hall–Kier alpha value is -1.84. The van der Waals surface area contributed by atoms with E-state index in [2.05, 4.69) is 0 Å². The highest BCUT2D eigenvalue weighted by Crippen LogP contribution is 2.26. The molecule has 1 amide bonds. The van der Waals surface area contributed by atoms with Gasteiger partial charge in [0.1, 0.15) is 0 Å². The molecular formula is C16H23NO3. The van der Waals surface area contributed by atoms with Crippen LogP contribution in [0.1, 0.15) is 39.2 Å². The molecule has 0 radical (unpaired) electrons. The molecule has 0 fully saturated rings. The van der Waals surface area contributed by atoms with Crippen LogP contribution in [0.3, 0.4) is 0 Å². The molecule has 1 rings (SSSR count). The third kappa shape index (κ3) is 5.43. The molecule has 1 N–H and O–H groups in total. The van der Waals surface area contributed by atoms with Crippen molar-refractivity contribution in [1.82, 2.24) is 4.90 Å². The number of carbonyl (C=O) groups is 2. The number of amides is 1. The Morgan fingerprint density at radius 2 is 1.75 bits per heavy atom. The number of nitrogens with zero attached hydrogens (tertiary/aromatic N) is 1. The zero-order chi connectivity index (χ0) is 15.2. The van der Waals surface area contributed by atoms with Crippen LogP contribution < -0.4 is 0 Å². The highest BCUT2D eigenvalue weighted by molar-refractivity contribution is 5.78. The van der Waals surface area contributed by atoms with E-state index in [1.165, 1.54) is 0 Å². The quantitative estimate of drug-likeness (QED) is 0.833. The first-order chi connectivity index (χ1) is 9.34. The molecule has 0 atom stereocenters. The van der Waals surface area contributed by atoms with Gasteiger partial charge >= 0.3 is 5.97 Å². The molecule has 1 aromatic carbocycles. The summed E-state index contributed by atoms with van der Waals surface area (Å²) in [6.45, 7) is 6.76. The molecule has 4 nitrogen and oxygen atoms in total. The second-order valence-electron chi connectivity index (χ2n) is 5.81. The summed E-state index contributed by atoms with van der Waals surface area (Å²) in [5, 5.41) is 8.87. The van der Waals surface area contributed by atoms with Gasteiger partial charge in [-0.1, -0.05) is 44.2 Å². The molecule has 0 saturated heterocycles. The summed E-state index contributed by atoms with van der Waals surface area (Å²) in [5.74, 6) is -0.864. The van der Waals surface area contributed by atoms with E-state index in [-0.39, 0.29) is 18.7 Å². The van der Waals surface area contributed by atoms with Gasteiger partial charge in [-0.15, -0.1) is 0 Å². The fraction of sp³-hybridized carbons (Fsp3) is 0.500. The van der Waals surface area contributed by atoms with Crippen LogP contribution in [0.5, 0.6) is 0 Å². The molecule has 0 aromatic heterocycles. The fourth-order valence-corrected chi connectivity index (χ4v) is 2.17. The lowest BCUT2D eigenvalue weighted by atomic mass is 9.85. The predicted octanol–water partition coefficient (Wildman–Crippen LogP) is 2.93. The maximum Gasteiger partial charge on any atom is 0.303 e. The van der Waals surface area contributed by atoms with Crippen LogP contribution in [0.2, 0.25) is 0 Å². The first-order valence-corrected chi connectivity index (χ1v) is 6.87. The topological polar surface area (TPSA) is 57.6 Å². The fourth-order valence-electron chi connectivity index (χ4n) is 2.17. The Kier molecular flexibility index (Phi) is 5.74. The maximum atomic E-state index is 12.3. The van der Waals surface area contributed by atoms with Gasteiger partial charge in [0.15, 0.2) is 0 Å². The van der Waals surface area contributed by atoms with E-state index >= 15 is 0 Å². The van der Waals surface area contributed by atoms with Gasteiger partial charge in [-0.25, -0.2) is 0 Å². The SMILES string of the molecule is CCN(Cc1ccccc1)C(=O)CC(C)(C)CC(=O)O. The second-order valence-corrected chi connectivity index (χ2v) is 5.81. The first kappa shape index (κ1) is 16.2. The minimum Gasteiger partial charge on any atom is -0.481 e. The second kappa shape index (κ2) is 7.08. The zero-order valence-corrected chi connectivity index (χ0v) is 12.4. The van der Waals surface area contributed by atoms with Crippen LogP contribution in [0.25, 0.3) is 0 Å². The number of carboxylic acid groups (broad SMARTS) is 1. The highest BCUT2D eigenvalue weighted by Gasteiger charge is 2.27. The van der Waals surface area contributed by atoms with E-state index in [1.807, 2.05) is 51.1 Å². The van der Waals surface area contributed by atoms with Crippen LogP contribution >= 0.6 is 0 Å². The van der Waals surface area contributed by atoms with Crippen molar-refractivity contribution in [3.05, 3.63) is 35.9 Å². The van der Waals surface area contributed by atoms with E-state index in [1.54, 1.807) is 4.90 Å². The number of benzene rings is 1. The van der Waals surface area contributed by atoms with Gasteiger partial charge in [-0.3, -0.25) is 9.59 Å². The van der Waals surface area contributed by atoms with Crippen LogP contribution in [0.4, 0.5) is 0 Å². The summed E-state index contributed by atoms with van der Waals surface area (Å²) in [5.41, 5.74) is 0.561. The number of carboxylic acids is 1. The van der Waals surface area contributed by atoms with E-state index in [0.29, 0.717) is 13.1 Å². The third-order valence-electron chi connectivity index (χ3n) is 3.21. The van der Waals surface area contributed by atoms with Crippen molar-refractivity contribution in [3.63, 3.8) is 0 Å². The molecule has 0 aliphatic rings. The molecule has 0 bridgehead atoms. The number of hydrogen-bond acceptors (Lipinski definition) is 2. The lowest BCUT2D eigenvalue weighted by Gasteiger charge is -2.27. The van der Waals surface area contributed by atoms with Gasteiger partial charge in [0.25, 0.3) is 0 Å². The molecule has 0 spiro atoms. The van der Waals surface area contributed by atoms with Crippen LogP contribution in [0.15, 0.2) is 30.3 Å². The van der Waals surface area contributed by atoms with E-state index in [0.717, 1.165) is 5.56 Å². The molecule has 0 saturated carbocycles. The number of aliphatic carboxylic acids is 1. The van der Waals surface area contributed by atoms with Crippen molar-refractivity contribution in [2.45, 2.75) is 40.2 Å². The minimum atomic E-state index is -0.867.